The predicted octanol–water partition coefficient (Wildman–Crippen LogP) is 12.9. The van der Waals surface area contributed by atoms with Gasteiger partial charge in [-0.25, -0.2) is 0 Å². The van der Waals surface area contributed by atoms with Crippen molar-refractivity contribution in [1.82, 2.24) is 9.88 Å². The quantitative estimate of drug-likeness (QED) is 0.186. The fourth-order valence-electron chi connectivity index (χ4n) is 5.62. The van der Waals surface area contributed by atoms with E-state index < -0.39 is 0 Å². The molecule has 0 saturated heterocycles. The summed E-state index contributed by atoms with van der Waals surface area (Å²) in [6.07, 6.45) is 3.82. The molecule has 3 nitrogen and oxygen atoms in total. The van der Waals surface area contributed by atoms with Crippen molar-refractivity contribution in [3.63, 3.8) is 0 Å². The lowest BCUT2D eigenvalue weighted by molar-refractivity contribution is 0.897. The van der Waals surface area contributed by atoms with Crippen LogP contribution >= 0.6 is 0 Å². The maximum atomic E-state index is 6.20. The molecule has 3 heteroatoms. The van der Waals surface area contributed by atoms with Gasteiger partial charge < -0.3 is 15.6 Å². The largest absolute Gasteiger partial charge is 0.394 e. The number of nitrogens with one attached hydrogen (secondary N) is 1. The molecule has 6 aromatic carbocycles. The van der Waals surface area contributed by atoms with Gasteiger partial charge in [0.15, 0.2) is 0 Å². The number of benzene rings is 6. The Bertz CT molecular complexity index is 1950. The Kier molecular flexibility index (Phi) is 16.3. The van der Waals surface area contributed by atoms with Crippen molar-refractivity contribution in [1.29, 1.82) is 0 Å². The highest BCUT2D eigenvalue weighted by Crippen LogP contribution is 2.32. The molecule has 0 fully saturated rings. The van der Waals surface area contributed by atoms with Gasteiger partial charge in [-0.1, -0.05) is 168 Å². The monoisotopic (exact) mass is 661 g/mol. The Morgan fingerprint density at radius 2 is 0.980 bits per heavy atom. The highest BCUT2D eigenvalue weighted by molar-refractivity contribution is 6.09. The normalized spacial score (nSPS) is 10.7. The van der Waals surface area contributed by atoms with Crippen LogP contribution in [0.2, 0.25) is 0 Å². The van der Waals surface area contributed by atoms with Crippen LogP contribution in [0.5, 0.6) is 0 Å². The maximum absolute atomic E-state index is 6.20. The van der Waals surface area contributed by atoms with E-state index in [1.165, 1.54) is 55.3 Å². The summed E-state index contributed by atoms with van der Waals surface area (Å²) in [6, 6.07) is 53.3. The lowest BCUT2D eigenvalue weighted by atomic mass is 9.97. The minimum atomic E-state index is -0.110. The van der Waals surface area contributed by atoms with Crippen LogP contribution in [0.3, 0.4) is 0 Å². The molecular weight excluding hydrogens is 607 g/mol. The Morgan fingerprint density at radius 3 is 1.52 bits per heavy atom. The number of aromatic nitrogens is 1. The SMILES string of the molecule is CC.CC.CC.CN/C=C\C(N)c1cccc(-c2ccc(-c3ccccc3)cc2)c1.Cc1ccc(-n2c3ccccc3c3ccccc32)cc1. The lowest BCUT2D eigenvalue weighted by Crippen LogP contribution is -2.08. The average Bonchev–Trinajstić information content (AvgIpc) is 3.55. The molecule has 258 valence electrons. The number of hydrogen-bond acceptors (Lipinski definition) is 2. The zero-order valence-electron chi connectivity index (χ0n) is 31.2. The molecule has 1 atom stereocenters. The average molecular weight is 662 g/mol. The first kappa shape index (κ1) is 39.1. The molecule has 1 unspecified atom stereocenters. The summed E-state index contributed by atoms with van der Waals surface area (Å²) in [4.78, 5) is 0. The number of aryl methyl sites for hydroxylation is 1. The van der Waals surface area contributed by atoms with Gasteiger partial charge in [0, 0.05) is 29.5 Å². The highest BCUT2D eigenvalue weighted by atomic mass is 15.0. The van der Waals surface area contributed by atoms with Gasteiger partial charge in [0.05, 0.1) is 11.0 Å². The molecule has 7 rings (SSSR count). The van der Waals surface area contributed by atoms with Gasteiger partial charge in [-0.2, -0.15) is 0 Å². The first-order valence-corrected chi connectivity index (χ1v) is 18.0. The van der Waals surface area contributed by atoms with Crippen LogP contribution in [-0.4, -0.2) is 11.6 Å². The van der Waals surface area contributed by atoms with Crippen LogP contribution in [0.15, 0.2) is 164 Å². The Morgan fingerprint density at radius 1 is 0.520 bits per heavy atom. The summed E-state index contributed by atoms with van der Waals surface area (Å²) in [6.45, 7) is 14.1. The summed E-state index contributed by atoms with van der Waals surface area (Å²) in [7, 11) is 1.87. The smallest absolute Gasteiger partial charge is 0.0541 e. The fourth-order valence-corrected chi connectivity index (χ4v) is 5.62. The number of fused-ring (bicyclic) bond motifs is 3. The van der Waals surface area contributed by atoms with Crippen molar-refractivity contribution in [2.24, 2.45) is 5.73 Å². The van der Waals surface area contributed by atoms with Gasteiger partial charge in [-0.15, -0.1) is 0 Å². The third kappa shape index (κ3) is 9.84. The zero-order valence-corrected chi connectivity index (χ0v) is 31.2. The van der Waals surface area contributed by atoms with Crippen LogP contribution in [0.4, 0.5) is 0 Å². The molecule has 1 heterocycles. The Hall–Kier alpha value is -5.38. The van der Waals surface area contributed by atoms with E-state index in [0.717, 1.165) is 5.56 Å². The third-order valence-electron chi connectivity index (χ3n) is 7.94. The molecule has 0 aliphatic rings. The van der Waals surface area contributed by atoms with Crippen LogP contribution < -0.4 is 11.1 Å². The van der Waals surface area contributed by atoms with E-state index in [4.69, 9.17) is 5.73 Å². The standard InChI is InChI=1S/C22H22N2.C19H15N.3C2H6/c1-24-15-14-22(23)21-9-5-8-20(16-21)19-12-10-18(11-13-19)17-6-3-2-4-7-17;1-14-10-12-15(13-11-14)20-18-8-4-2-6-16(18)17-7-3-5-9-19(17)20;3*1-2/h2-16,22,24H,23H2,1H3;2-13H,1H3;3*1-2H3/b15-14-;;;;. The van der Waals surface area contributed by atoms with Crippen LogP contribution in [-0.2, 0) is 0 Å². The van der Waals surface area contributed by atoms with Crippen LogP contribution in [0.1, 0.15) is 58.7 Å². The minimum absolute atomic E-state index is 0.110. The molecule has 0 spiro atoms. The molecule has 50 heavy (non-hydrogen) atoms. The zero-order chi connectivity index (χ0) is 36.3. The molecule has 0 radical (unpaired) electrons. The van der Waals surface area contributed by atoms with E-state index in [2.05, 4.69) is 162 Å². The van der Waals surface area contributed by atoms with Gasteiger partial charge in [-0.05, 0) is 77.3 Å². The summed E-state index contributed by atoms with van der Waals surface area (Å²) < 4.78 is 2.34. The maximum Gasteiger partial charge on any atom is 0.0541 e. The second-order valence-electron chi connectivity index (χ2n) is 10.9. The van der Waals surface area contributed by atoms with Crippen molar-refractivity contribution in [2.45, 2.75) is 54.5 Å². The number of nitrogens with two attached hydrogens (primary N) is 1. The molecule has 0 aliphatic heterocycles. The molecule has 0 amide bonds. The molecule has 0 aliphatic carbocycles. The van der Waals surface area contributed by atoms with Crippen molar-refractivity contribution >= 4 is 21.8 Å². The Labute approximate surface area is 301 Å². The van der Waals surface area contributed by atoms with Crippen molar-refractivity contribution in [2.75, 3.05) is 7.05 Å². The van der Waals surface area contributed by atoms with Crippen molar-refractivity contribution in [3.8, 4) is 27.9 Å². The fraction of sp³-hybridized carbons (Fsp3) is 0.191. The first-order chi connectivity index (χ1) is 24.6. The van der Waals surface area contributed by atoms with Crippen molar-refractivity contribution in [3.05, 3.63) is 175 Å². The molecule has 1 aromatic heterocycles. The van der Waals surface area contributed by atoms with Crippen molar-refractivity contribution < 1.29 is 0 Å². The van der Waals surface area contributed by atoms with Gasteiger partial charge in [0.25, 0.3) is 0 Å². The van der Waals surface area contributed by atoms with Gasteiger partial charge in [0.1, 0.15) is 0 Å². The van der Waals surface area contributed by atoms with Gasteiger partial charge >= 0.3 is 0 Å². The summed E-state index contributed by atoms with van der Waals surface area (Å²) in [5.41, 5.74) is 17.2. The summed E-state index contributed by atoms with van der Waals surface area (Å²) >= 11 is 0. The van der Waals surface area contributed by atoms with E-state index in [-0.39, 0.29) is 6.04 Å². The van der Waals surface area contributed by atoms with E-state index in [1.807, 2.05) is 66.9 Å². The summed E-state index contributed by atoms with van der Waals surface area (Å²) in [5, 5.41) is 5.59. The molecular formula is C47H55N3. The second kappa shape index (κ2) is 20.9. The molecule has 7 aromatic rings. The Balaban J connectivity index is 0.000000238. The van der Waals surface area contributed by atoms with Crippen LogP contribution in [0, 0.1) is 6.92 Å². The van der Waals surface area contributed by atoms with E-state index in [0.29, 0.717) is 0 Å². The van der Waals surface area contributed by atoms with E-state index in [1.54, 1.807) is 0 Å². The van der Waals surface area contributed by atoms with Crippen LogP contribution in [0.25, 0.3) is 49.7 Å². The molecule has 0 bridgehead atoms. The first-order valence-electron chi connectivity index (χ1n) is 18.0. The predicted molar refractivity (Wildman–Crippen MR) is 222 cm³/mol. The third-order valence-corrected chi connectivity index (χ3v) is 7.94. The second-order valence-corrected chi connectivity index (χ2v) is 10.9. The molecule has 0 saturated carbocycles. The highest BCUT2D eigenvalue weighted by Gasteiger charge is 2.10. The van der Waals surface area contributed by atoms with E-state index in [9.17, 15) is 0 Å². The van der Waals surface area contributed by atoms with Gasteiger partial charge in [-0.3, -0.25) is 0 Å². The summed E-state index contributed by atoms with van der Waals surface area (Å²) in [5.74, 6) is 0. The molecule has 3 N–H and O–H groups in total. The topological polar surface area (TPSA) is 43.0 Å². The van der Waals surface area contributed by atoms with E-state index >= 15 is 0 Å². The number of hydrogen-bond donors (Lipinski definition) is 2. The number of para-hydroxylation sites is 2. The minimum Gasteiger partial charge on any atom is -0.394 e. The number of rotatable bonds is 6. The van der Waals surface area contributed by atoms with Gasteiger partial charge in [0.2, 0.25) is 0 Å². The lowest BCUT2D eigenvalue weighted by Gasteiger charge is -2.10. The number of nitrogens with zero attached hydrogens (tertiary/aromatic N) is 1.